The predicted molar refractivity (Wildman–Crippen MR) is 103 cm³/mol. The van der Waals surface area contributed by atoms with E-state index in [0.29, 0.717) is 36.3 Å². The summed E-state index contributed by atoms with van der Waals surface area (Å²) >= 11 is 0. The third kappa shape index (κ3) is 3.72. The number of nitrogens with one attached hydrogen (secondary N) is 2. The van der Waals surface area contributed by atoms with E-state index in [-0.39, 0.29) is 17.9 Å². The number of benzene rings is 1. The van der Waals surface area contributed by atoms with E-state index in [1.807, 2.05) is 6.07 Å². The van der Waals surface area contributed by atoms with Crippen LogP contribution in [0.3, 0.4) is 0 Å². The number of hydrogen-bond acceptors (Lipinski definition) is 3. The van der Waals surface area contributed by atoms with E-state index in [1.54, 1.807) is 18.3 Å². The van der Waals surface area contributed by atoms with Gasteiger partial charge in [0.15, 0.2) is 0 Å². The summed E-state index contributed by atoms with van der Waals surface area (Å²) < 4.78 is 0. The zero-order valence-corrected chi connectivity index (χ0v) is 15.3. The monoisotopic (exact) mass is 363 g/mol. The standard InChI is InChI=1S/C22H25N3O2/c26-19(11-13-24-22(27)16-8-5-12-23-14-16)25-21-18-10-4-9-17(18)20(21)15-6-2-1-3-7-15/h1-3,5-8,12,14,17-18,20-21H,4,9-11,13H2,(H,24,27)(H,25,26)/t17-,18+,20-,21+/m0/s1. The maximum atomic E-state index is 12.5. The van der Waals surface area contributed by atoms with Crippen LogP contribution in [-0.2, 0) is 4.79 Å². The van der Waals surface area contributed by atoms with Crippen LogP contribution in [0.5, 0.6) is 0 Å². The molecule has 5 nitrogen and oxygen atoms in total. The Morgan fingerprint density at radius 2 is 1.85 bits per heavy atom. The van der Waals surface area contributed by atoms with Crippen molar-refractivity contribution in [2.75, 3.05) is 6.54 Å². The molecule has 1 heterocycles. The molecule has 2 aromatic rings. The third-order valence-electron chi connectivity index (χ3n) is 6.01. The number of amides is 2. The number of aromatic nitrogens is 1. The van der Waals surface area contributed by atoms with Crippen molar-refractivity contribution >= 4 is 11.8 Å². The molecule has 5 heteroatoms. The summed E-state index contributed by atoms with van der Waals surface area (Å²) in [4.78, 5) is 28.4. The van der Waals surface area contributed by atoms with Crippen LogP contribution >= 0.6 is 0 Å². The highest BCUT2D eigenvalue weighted by Gasteiger charge is 2.53. The van der Waals surface area contributed by atoms with Gasteiger partial charge in [0, 0.05) is 37.3 Å². The second-order valence-corrected chi connectivity index (χ2v) is 7.54. The lowest BCUT2D eigenvalue weighted by molar-refractivity contribution is -0.123. The molecule has 0 bridgehead atoms. The normalized spacial score (nSPS) is 25.9. The Balaban J connectivity index is 1.30. The van der Waals surface area contributed by atoms with Crippen LogP contribution in [0, 0.1) is 11.8 Å². The molecule has 4 rings (SSSR count). The zero-order chi connectivity index (χ0) is 18.6. The average Bonchev–Trinajstić information content (AvgIpc) is 3.11. The predicted octanol–water partition coefficient (Wildman–Crippen LogP) is 2.90. The number of rotatable bonds is 6. The topological polar surface area (TPSA) is 71.1 Å². The van der Waals surface area contributed by atoms with Crippen molar-refractivity contribution in [2.24, 2.45) is 11.8 Å². The minimum absolute atomic E-state index is 0.0118. The van der Waals surface area contributed by atoms with Gasteiger partial charge in [0.1, 0.15) is 0 Å². The van der Waals surface area contributed by atoms with Crippen molar-refractivity contribution in [3.63, 3.8) is 0 Å². The van der Waals surface area contributed by atoms with E-state index in [9.17, 15) is 9.59 Å². The quantitative estimate of drug-likeness (QED) is 0.829. The highest BCUT2D eigenvalue weighted by Crippen LogP contribution is 2.55. The van der Waals surface area contributed by atoms with Crippen molar-refractivity contribution in [3.05, 3.63) is 66.0 Å². The first kappa shape index (κ1) is 17.7. The molecule has 2 aliphatic rings. The molecule has 1 aromatic heterocycles. The summed E-state index contributed by atoms with van der Waals surface area (Å²) in [7, 11) is 0. The molecule has 0 spiro atoms. The van der Waals surface area contributed by atoms with E-state index in [2.05, 4.69) is 39.9 Å². The number of fused-ring (bicyclic) bond motifs is 1. The fourth-order valence-electron chi connectivity index (χ4n) is 4.77. The lowest BCUT2D eigenvalue weighted by Crippen LogP contribution is -2.56. The van der Waals surface area contributed by atoms with Crippen LogP contribution in [0.15, 0.2) is 54.9 Å². The SMILES string of the molecule is O=C(CCNC(=O)c1cccnc1)N[C@@H]1[C@@H]2CCC[C@@H]2[C@@H]1c1ccccc1. The van der Waals surface area contributed by atoms with Gasteiger partial charge in [-0.25, -0.2) is 0 Å². The number of carbonyl (C=O) groups is 2. The van der Waals surface area contributed by atoms with Crippen molar-refractivity contribution in [2.45, 2.75) is 37.6 Å². The molecule has 0 radical (unpaired) electrons. The Morgan fingerprint density at radius 1 is 1.04 bits per heavy atom. The average molecular weight is 363 g/mol. The van der Waals surface area contributed by atoms with Gasteiger partial charge in [-0.2, -0.15) is 0 Å². The molecule has 0 aliphatic heterocycles. The molecule has 4 atom stereocenters. The molecule has 140 valence electrons. The van der Waals surface area contributed by atoms with E-state index in [4.69, 9.17) is 0 Å². The zero-order valence-electron chi connectivity index (χ0n) is 15.3. The number of carbonyl (C=O) groups excluding carboxylic acids is 2. The molecule has 27 heavy (non-hydrogen) atoms. The van der Waals surface area contributed by atoms with E-state index in [0.717, 1.165) is 0 Å². The molecule has 2 fully saturated rings. The number of nitrogens with zero attached hydrogens (tertiary/aromatic N) is 1. The minimum atomic E-state index is -0.197. The van der Waals surface area contributed by atoms with Gasteiger partial charge in [0.2, 0.25) is 5.91 Å². The van der Waals surface area contributed by atoms with Crippen LogP contribution in [0.1, 0.15) is 47.5 Å². The van der Waals surface area contributed by atoms with Gasteiger partial charge in [-0.1, -0.05) is 36.8 Å². The second kappa shape index (κ2) is 7.91. The van der Waals surface area contributed by atoms with Crippen molar-refractivity contribution in [1.82, 2.24) is 15.6 Å². The van der Waals surface area contributed by atoms with Gasteiger partial charge >= 0.3 is 0 Å². The number of pyridine rings is 1. The van der Waals surface area contributed by atoms with E-state index >= 15 is 0 Å². The van der Waals surface area contributed by atoms with Gasteiger partial charge < -0.3 is 10.6 Å². The van der Waals surface area contributed by atoms with Crippen molar-refractivity contribution in [1.29, 1.82) is 0 Å². The van der Waals surface area contributed by atoms with E-state index < -0.39 is 0 Å². The summed E-state index contributed by atoms with van der Waals surface area (Å²) in [5.41, 5.74) is 1.84. The van der Waals surface area contributed by atoms with Crippen LogP contribution in [0.25, 0.3) is 0 Å². The number of hydrogen-bond donors (Lipinski definition) is 2. The Hall–Kier alpha value is -2.69. The largest absolute Gasteiger partial charge is 0.352 e. The van der Waals surface area contributed by atoms with Gasteiger partial charge in [-0.15, -0.1) is 0 Å². The summed E-state index contributed by atoms with van der Waals surface area (Å²) in [5.74, 6) is 1.54. The first-order chi connectivity index (χ1) is 13.2. The Bertz CT molecular complexity index is 794. The summed E-state index contributed by atoms with van der Waals surface area (Å²) in [6, 6.07) is 14.2. The van der Waals surface area contributed by atoms with Gasteiger partial charge in [0.25, 0.3) is 5.91 Å². The molecule has 0 saturated heterocycles. The summed E-state index contributed by atoms with van der Waals surface area (Å²) in [6.07, 6.45) is 7.17. The summed E-state index contributed by atoms with van der Waals surface area (Å²) in [5, 5.41) is 6.04. The fourth-order valence-corrected chi connectivity index (χ4v) is 4.77. The van der Waals surface area contributed by atoms with Crippen LogP contribution in [-0.4, -0.2) is 29.4 Å². The maximum Gasteiger partial charge on any atom is 0.252 e. The van der Waals surface area contributed by atoms with Crippen LogP contribution < -0.4 is 10.6 Å². The van der Waals surface area contributed by atoms with Crippen molar-refractivity contribution < 1.29 is 9.59 Å². The summed E-state index contributed by atoms with van der Waals surface area (Å²) in [6.45, 7) is 0.330. The molecule has 2 N–H and O–H groups in total. The second-order valence-electron chi connectivity index (χ2n) is 7.54. The Morgan fingerprint density at radius 3 is 2.63 bits per heavy atom. The lowest BCUT2D eigenvalue weighted by atomic mass is 9.60. The van der Waals surface area contributed by atoms with Gasteiger partial charge in [-0.3, -0.25) is 14.6 Å². The molecule has 1 aromatic carbocycles. The van der Waals surface area contributed by atoms with Crippen molar-refractivity contribution in [3.8, 4) is 0 Å². The Kier molecular flexibility index (Phi) is 5.19. The smallest absolute Gasteiger partial charge is 0.252 e. The Labute approximate surface area is 159 Å². The van der Waals surface area contributed by atoms with Gasteiger partial charge in [-0.05, 0) is 42.4 Å². The first-order valence-electron chi connectivity index (χ1n) is 9.76. The van der Waals surface area contributed by atoms with E-state index in [1.165, 1.54) is 31.0 Å². The third-order valence-corrected chi connectivity index (χ3v) is 6.01. The van der Waals surface area contributed by atoms with Gasteiger partial charge in [0.05, 0.1) is 5.56 Å². The van der Waals surface area contributed by atoms with Crippen LogP contribution in [0.2, 0.25) is 0 Å². The van der Waals surface area contributed by atoms with Crippen LogP contribution in [0.4, 0.5) is 0 Å². The first-order valence-corrected chi connectivity index (χ1v) is 9.76. The molecule has 0 unspecified atom stereocenters. The molecule has 2 aliphatic carbocycles. The maximum absolute atomic E-state index is 12.5. The lowest BCUT2D eigenvalue weighted by Gasteiger charge is -2.49. The molecular formula is C22H25N3O2. The molecule has 2 saturated carbocycles. The fraction of sp³-hybridized carbons (Fsp3) is 0.409. The molecule has 2 amide bonds. The molecular weight excluding hydrogens is 338 g/mol. The highest BCUT2D eigenvalue weighted by molar-refractivity contribution is 5.94. The minimum Gasteiger partial charge on any atom is -0.352 e. The highest BCUT2D eigenvalue weighted by atomic mass is 16.2.